The van der Waals surface area contributed by atoms with Gasteiger partial charge in [0, 0.05) is 37.4 Å². The summed E-state index contributed by atoms with van der Waals surface area (Å²) in [5, 5.41) is 15.4. The van der Waals surface area contributed by atoms with Gasteiger partial charge >= 0.3 is 0 Å². The minimum absolute atomic E-state index is 0. The molecule has 0 bridgehead atoms. The first-order valence-corrected chi connectivity index (χ1v) is 3.09. The van der Waals surface area contributed by atoms with Crippen molar-refractivity contribution in [3.8, 4) is 6.07 Å². The van der Waals surface area contributed by atoms with Gasteiger partial charge in [0.25, 0.3) is 0 Å². The van der Waals surface area contributed by atoms with Gasteiger partial charge in [0.1, 0.15) is 0 Å². The second-order valence-corrected chi connectivity index (χ2v) is 1.40. The topological polar surface area (TPSA) is 56.9 Å². The molecule has 0 radical (unpaired) electrons. The molecule has 0 aromatic carbocycles. The van der Waals surface area contributed by atoms with E-state index < -0.39 is 57.8 Å². The van der Waals surface area contributed by atoms with Gasteiger partial charge in [0.15, 0.2) is 5.90 Å². The van der Waals surface area contributed by atoms with Crippen molar-refractivity contribution in [3.63, 3.8) is 0 Å². The van der Waals surface area contributed by atoms with E-state index >= 15 is 0 Å². The summed E-state index contributed by atoms with van der Waals surface area (Å²) in [5.74, 6) is -1.17. The van der Waals surface area contributed by atoms with E-state index in [-0.39, 0.29) is 12.4 Å². The summed E-state index contributed by atoms with van der Waals surface area (Å²) in [5.41, 5.74) is 0. The molecule has 15 heavy (non-hydrogen) atoms. The summed E-state index contributed by atoms with van der Waals surface area (Å²) >= 11 is 0. The predicted octanol–water partition coefficient (Wildman–Crippen LogP) is 3.92. The van der Waals surface area contributed by atoms with Gasteiger partial charge < -0.3 is 4.74 Å². The van der Waals surface area contributed by atoms with Crippen LogP contribution in [0.4, 0.5) is 0 Å². The Morgan fingerprint density at radius 3 is 2.53 bits per heavy atom. The Morgan fingerprint density at radius 2 is 2.07 bits per heavy atom. The van der Waals surface area contributed by atoms with E-state index in [4.69, 9.17) is 35.3 Å². The van der Waals surface area contributed by atoms with E-state index in [0.717, 1.165) is 13.2 Å². The van der Waals surface area contributed by atoms with Crippen LogP contribution in [0.25, 0.3) is 0 Å². The zero-order valence-electron chi connectivity index (χ0n) is 25.8. The standard InChI is InChI=1S/C6H13NO.C5H9N.ClH/c1-3-4-5-6(7)8-2;1-2-3-4-5-6;/h7H,3-5H2,1-2H3;2-4H2,1H3;1H/i1D3,3D2,4D2,5D2;1D3,2D2,3D2,4D2;. The smallest absolute Gasteiger partial charge is 0.180 e. The SMILES string of the molecule is Cl.[2H]C([2H])([2H])C([2H])([2H])C([2H])([2H])C([2H])([2H])C#N.[2H]C([2H])([2H])C([2H])([2H])C([2H])([2H])C([2H])([2H])C(=N)OC. The first kappa shape index (κ1) is 2.92. The van der Waals surface area contributed by atoms with Crippen LogP contribution in [0.3, 0.4) is 0 Å². The molecule has 90 valence electrons. The molecule has 0 amide bonds. The van der Waals surface area contributed by atoms with Crippen molar-refractivity contribution in [2.75, 3.05) is 7.11 Å². The highest BCUT2D eigenvalue weighted by molar-refractivity contribution is 5.85. The van der Waals surface area contributed by atoms with Gasteiger partial charge in [-0.1, -0.05) is 26.4 Å². The summed E-state index contributed by atoms with van der Waals surface area (Å²) in [6.45, 7) is -6.71. The zero-order chi connectivity index (χ0) is 27.0. The minimum atomic E-state index is -3.46. The number of nitriles is 1. The number of hydrogen-bond acceptors (Lipinski definition) is 3. The van der Waals surface area contributed by atoms with E-state index in [1.165, 1.54) is 0 Å². The van der Waals surface area contributed by atoms with Crippen molar-refractivity contribution in [2.45, 2.75) is 51.9 Å². The summed E-state index contributed by atoms with van der Waals surface area (Å²) in [6.07, 6.45) is -20.2. The molecule has 0 aliphatic carbocycles. The maximum atomic E-state index is 8.34. The van der Waals surface area contributed by atoms with E-state index in [2.05, 4.69) is 4.74 Å². The fourth-order valence-corrected chi connectivity index (χ4v) is 0.198. The summed E-state index contributed by atoms with van der Waals surface area (Å²) in [7, 11) is 0.918. The molecule has 0 aromatic rings. The number of nitrogens with zero attached hydrogens (tertiary/aromatic N) is 1. The van der Waals surface area contributed by atoms with Gasteiger partial charge in [0.2, 0.25) is 0 Å². The highest BCUT2D eigenvalue weighted by atomic mass is 35.5. The lowest BCUT2D eigenvalue weighted by molar-refractivity contribution is 0.384. The summed E-state index contributed by atoms with van der Waals surface area (Å²) in [4.78, 5) is 0. The van der Waals surface area contributed by atoms with E-state index in [1.807, 2.05) is 0 Å². The number of halogens is 1. The fourth-order valence-electron chi connectivity index (χ4n) is 0.198. The fraction of sp³-hybridized carbons (Fsp3) is 0.818. The van der Waals surface area contributed by atoms with E-state index in [0.29, 0.717) is 0 Å². The van der Waals surface area contributed by atoms with E-state index in [9.17, 15) is 0 Å². The normalized spacial score (nSPS) is 32.8. The molecule has 0 aliphatic heterocycles. The third kappa shape index (κ3) is 24.6. The molecule has 0 atom stereocenters. The lowest BCUT2D eigenvalue weighted by Crippen LogP contribution is -1.97. The Balaban J connectivity index is -0.000000533. The molecule has 0 aliphatic rings. The average Bonchev–Trinajstić information content (AvgIpc) is 2.58. The third-order valence-corrected chi connectivity index (χ3v) is 0.624. The van der Waals surface area contributed by atoms with Gasteiger partial charge in [-0.2, -0.15) is 5.26 Å². The Labute approximate surface area is 125 Å². The average molecular weight is 253 g/mol. The van der Waals surface area contributed by atoms with Crippen LogP contribution in [0, 0.1) is 16.7 Å². The summed E-state index contributed by atoms with van der Waals surface area (Å²) in [6, 6.07) is 0.928. The van der Waals surface area contributed by atoms with Crippen molar-refractivity contribution in [2.24, 2.45) is 0 Å². The predicted molar refractivity (Wildman–Crippen MR) is 66.6 cm³/mol. The van der Waals surface area contributed by atoms with Gasteiger partial charge in [-0.25, -0.2) is 0 Å². The number of rotatable bonds is 5. The lowest BCUT2D eigenvalue weighted by atomic mass is 10.2. The Morgan fingerprint density at radius 1 is 1.47 bits per heavy atom. The third-order valence-electron chi connectivity index (χ3n) is 0.624. The van der Waals surface area contributed by atoms with Crippen LogP contribution in [0.1, 0.15) is 76.6 Å². The molecule has 0 rings (SSSR count). The van der Waals surface area contributed by atoms with Crippen LogP contribution >= 0.6 is 12.4 Å². The molecular weight excluding hydrogens is 212 g/mol. The molecular formula is C11H23ClN2O. The number of hydrogen-bond donors (Lipinski definition) is 1. The zero-order valence-corrected chi connectivity index (χ0v) is 8.58. The van der Waals surface area contributed by atoms with Crippen molar-refractivity contribution >= 4 is 18.3 Å². The molecule has 0 heterocycles. The molecule has 4 heteroatoms. The minimum Gasteiger partial charge on any atom is -0.484 e. The monoisotopic (exact) mass is 252 g/mol. The maximum absolute atomic E-state index is 8.34. The molecule has 0 saturated carbocycles. The Hall–Kier alpha value is -0.750. The highest BCUT2D eigenvalue weighted by Crippen LogP contribution is 1.94. The van der Waals surface area contributed by atoms with E-state index in [1.54, 1.807) is 0 Å². The van der Waals surface area contributed by atoms with Crippen molar-refractivity contribution in [1.29, 1.82) is 10.7 Å². The van der Waals surface area contributed by atoms with Gasteiger partial charge in [-0.3, -0.25) is 5.41 Å². The number of methoxy groups -OCH3 is 1. The molecule has 0 fully saturated rings. The first-order chi connectivity index (χ1) is 13.5. The quantitative estimate of drug-likeness (QED) is 0.596. The Bertz CT molecular complexity index is 718. The van der Waals surface area contributed by atoms with Crippen LogP contribution in [-0.4, -0.2) is 13.0 Å². The van der Waals surface area contributed by atoms with Crippen LogP contribution < -0.4 is 0 Å². The highest BCUT2D eigenvalue weighted by Gasteiger charge is 1.90. The molecule has 0 saturated heterocycles. The second-order valence-electron chi connectivity index (χ2n) is 1.40. The molecule has 0 unspecified atom stereocenters. The largest absolute Gasteiger partial charge is 0.484 e. The maximum Gasteiger partial charge on any atom is 0.180 e. The Kier molecular flexibility index (Phi) is 3.69. The van der Waals surface area contributed by atoms with Crippen LogP contribution in [0.5, 0.6) is 0 Å². The van der Waals surface area contributed by atoms with Gasteiger partial charge in [-0.15, -0.1) is 12.4 Å². The van der Waals surface area contributed by atoms with Gasteiger partial charge in [0.05, 0.1) is 13.2 Å². The summed E-state index contributed by atoms with van der Waals surface area (Å²) < 4.78 is 131. The molecule has 0 spiro atoms. The van der Waals surface area contributed by atoms with Crippen LogP contribution in [0.15, 0.2) is 0 Å². The lowest BCUT2D eigenvalue weighted by Gasteiger charge is -1.97. The van der Waals surface area contributed by atoms with Crippen LogP contribution in [0.2, 0.25) is 0 Å². The van der Waals surface area contributed by atoms with Crippen molar-refractivity contribution in [3.05, 3.63) is 0 Å². The second kappa shape index (κ2) is 18.9. The molecule has 3 nitrogen and oxygen atoms in total. The molecule has 0 aromatic heterocycles. The van der Waals surface area contributed by atoms with Gasteiger partial charge in [-0.05, 0) is 12.7 Å². The van der Waals surface area contributed by atoms with Crippen molar-refractivity contribution < 1.29 is 29.4 Å². The van der Waals surface area contributed by atoms with Crippen molar-refractivity contribution in [1.82, 2.24) is 0 Å². The number of nitrogens with one attached hydrogen (secondary N) is 1. The first-order valence-electron chi connectivity index (χ1n) is 12.1. The number of ether oxygens (including phenoxy) is 1. The van der Waals surface area contributed by atoms with Crippen LogP contribution in [-0.2, 0) is 4.74 Å². The molecule has 1 N–H and O–H groups in total.